The molecule has 84 valence electrons. The molecular formula is C13H17N3. The quantitative estimate of drug-likeness (QED) is 0.835. The van der Waals surface area contributed by atoms with Crippen LogP contribution in [-0.4, -0.2) is 23.3 Å². The maximum absolute atomic E-state index is 4.06. The van der Waals surface area contributed by atoms with Crippen LogP contribution in [-0.2, 0) is 0 Å². The Hall–Kier alpha value is -1.51. The third-order valence-corrected chi connectivity index (χ3v) is 3.71. The van der Waals surface area contributed by atoms with Crippen LogP contribution in [0.4, 0.5) is 5.69 Å². The van der Waals surface area contributed by atoms with E-state index >= 15 is 0 Å². The van der Waals surface area contributed by atoms with E-state index in [4.69, 9.17) is 0 Å². The number of H-pyrrole nitrogens is 1. The maximum Gasteiger partial charge on any atom is 0.0670 e. The van der Waals surface area contributed by atoms with E-state index in [1.54, 1.807) is 0 Å². The summed E-state index contributed by atoms with van der Waals surface area (Å²) in [7, 11) is 2.20. The molecule has 0 radical (unpaired) electrons. The largest absolute Gasteiger partial charge is 0.372 e. The summed E-state index contributed by atoms with van der Waals surface area (Å²) in [6.07, 6.45) is 7.28. The van der Waals surface area contributed by atoms with E-state index in [0.717, 1.165) is 11.6 Å². The molecule has 3 heteroatoms. The molecule has 1 aromatic heterocycles. The Morgan fingerprint density at radius 3 is 2.94 bits per heavy atom. The van der Waals surface area contributed by atoms with E-state index in [9.17, 15) is 0 Å². The van der Waals surface area contributed by atoms with Crippen molar-refractivity contribution in [3.8, 4) is 0 Å². The molecule has 1 heterocycles. The number of fused-ring (bicyclic) bond motifs is 1. The molecule has 1 N–H and O–H groups in total. The van der Waals surface area contributed by atoms with Gasteiger partial charge in [0.15, 0.2) is 0 Å². The van der Waals surface area contributed by atoms with Gasteiger partial charge in [-0.2, -0.15) is 5.10 Å². The average Bonchev–Trinajstić information content (AvgIpc) is 2.98. The lowest BCUT2D eigenvalue weighted by Gasteiger charge is -2.26. The second kappa shape index (κ2) is 3.81. The summed E-state index contributed by atoms with van der Waals surface area (Å²) in [5, 5.41) is 8.27. The molecule has 1 aromatic carbocycles. The predicted molar refractivity (Wildman–Crippen MR) is 66.8 cm³/mol. The van der Waals surface area contributed by atoms with E-state index in [1.807, 2.05) is 6.20 Å². The number of nitrogens with zero attached hydrogens (tertiary/aromatic N) is 2. The number of aromatic amines is 1. The van der Waals surface area contributed by atoms with E-state index in [2.05, 4.69) is 40.3 Å². The van der Waals surface area contributed by atoms with Gasteiger partial charge in [-0.1, -0.05) is 12.8 Å². The first-order valence-corrected chi connectivity index (χ1v) is 6.00. The highest BCUT2D eigenvalue weighted by atomic mass is 15.1. The molecule has 1 fully saturated rings. The summed E-state index contributed by atoms with van der Waals surface area (Å²) in [5.41, 5.74) is 2.42. The number of hydrogen-bond donors (Lipinski definition) is 1. The molecule has 0 atom stereocenters. The van der Waals surface area contributed by atoms with Crippen molar-refractivity contribution in [2.75, 3.05) is 11.9 Å². The predicted octanol–water partition coefficient (Wildman–Crippen LogP) is 2.94. The van der Waals surface area contributed by atoms with Crippen LogP contribution in [0.5, 0.6) is 0 Å². The summed E-state index contributed by atoms with van der Waals surface area (Å²) < 4.78 is 0. The highest BCUT2D eigenvalue weighted by molar-refractivity contribution is 5.81. The lowest BCUT2D eigenvalue weighted by atomic mass is 10.1. The minimum absolute atomic E-state index is 0.723. The highest BCUT2D eigenvalue weighted by Gasteiger charge is 2.19. The Morgan fingerprint density at radius 2 is 2.12 bits per heavy atom. The van der Waals surface area contributed by atoms with Crippen LogP contribution in [0.15, 0.2) is 24.4 Å². The number of rotatable bonds is 2. The number of nitrogens with one attached hydrogen (secondary N) is 1. The summed E-state index contributed by atoms with van der Waals surface area (Å²) >= 11 is 0. The molecule has 0 amide bonds. The van der Waals surface area contributed by atoms with Crippen LogP contribution >= 0.6 is 0 Å². The Labute approximate surface area is 95.5 Å². The van der Waals surface area contributed by atoms with Gasteiger partial charge in [0.25, 0.3) is 0 Å². The first-order chi connectivity index (χ1) is 7.84. The normalized spacial score (nSPS) is 17.1. The van der Waals surface area contributed by atoms with Crippen molar-refractivity contribution < 1.29 is 0 Å². The van der Waals surface area contributed by atoms with E-state index in [0.29, 0.717) is 0 Å². The lowest BCUT2D eigenvalue weighted by molar-refractivity contribution is 0.653. The Morgan fingerprint density at radius 1 is 1.31 bits per heavy atom. The van der Waals surface area contributed by atoms with E-state index in [1.165, 1.54) is 36.8 Å². The van der Waals surface area contributed by atoms with Gasteiger partial charge in [0.1, 0.15) is 0 Å². The zero-order valence-corrected chi connectivity index (χ0v) is 9.61. The molecule has 2 aromatic rings. The number of hydrogen-bond acceptors (Lipinski definition) is 2. The van der Waals surface area contributed by atoms with Crippen LogP contribution in [0, 0.1) is 0 Å². The minimum Gasteiger partial charge on any atom is -0.372 e. The summed E-state index contributed by atoms with van der Waals surface area (Å²) in [4.78, 5) is 2.41. The average molecular weight is 215 g/mol. The van der Waals surface area contributed by atoms with Crippen molar-refractivity contribution in [1.29, 1.82) is 0 Å². The van der Waals surface area contributed by atoms with Gasteiger partial charge in [0.2, 0.25) is 0 Å². The second-order valence-corrected chi connectivity index (χ2v) is 4.69. The number of aromatic nitrogens is 2. The molecule has 1 aliphatic rings. The number of benzene rings is 1. The molecule has 16 heavy (non-hydrogen) atoms. The Balaban J connectivity index is 1.91. The molecular weight excluding hydrogens is 198 g/mol. The molecule has 1 aliphatic carbocycles. The van der Waals surface area contributed by atoms with Crippen LogP contribution in [0.25, 0.3) is 10.9 Å². The van der Waals surface area contributed by atoms with Gasteiger partial charge in [-0.25, -0.2) is 0 Å². The molecule has 0 aliphatic heterocycles. The zero-order valence-electron chi connectivity index (χ0n) is 9.61. The fourth-order valence-electron chi connectivity index (χ4n) is 2.65. The smallest absolute Gasteiger partial charge is 0.0670 e. The molecule has 0 spiro atoms. The SMILES string of the molecule is CN(c1ccc2cn[nH]c2c1)C1CCCC1. The first kappa shape index (κ1) is 9.70. The monoisotopic (exact) mass is 215 g/mol. The Kier molecular flexibility index (Phi) is 2.31. The van der Waals surface area contributed by atoms with Crippen molar-refractivity contribution >= 4 is 16.6 Å². The second-order valence-electron chi connectivity index (χ2n) is 4.69. The van der Waals surface area contributed by atoms with Crippen molar-refractivity contribution in [3.05, 3.63) is 24.4 Å². The van der Waals surface area contributed by atoms with Crippen LogP contribution in [0.2, 0.25) is 0 Å². The molecule has 3 rings (SSSR count). The minimum atomic E-state index is 0.723. The van der Waals surface area contributed by atoms with Crippen molar-refractivity contribution in [3.63, 3.8) is 0 Å². The van der Waals surface area contributed by atoms with Crippen molar-refractivity contribution in [1.82, 2.24) is 10.2 Å². The van der Waals surface area contributed by atoms with Crippen LogP contribution in [0.3, 0.4) is 0 Å². The van der Waals surface area contributed by atoms with Crippen LogP contribution in [0.1, 0.15) is 25.7 Å². The van der Waals surface area contributed by atoms with Crippen LogP contribution < -0.4 is 4.90 Å². The molecule has 0 bridgehead atoms. The fourth-order valence-corrected chi connectivity index (χ4v) is 2.65. The number of anilines is 1. The van der Waals surface area contributed by atoms with Gasteiger partial charge in [-0.15, -0.1) is 0 Å². The summed E-state index contributed by atoms with van der Waals surface area (Å²) in [6.45, 7) is 0. The summed E-state index contributed by atoms with van der Waals surface area (Å²) in [5.74, 6) is 0. The molecule has 0 unspecified atom stereocenters. The first-order valence-electron chi connectivity index (χ1n) is 6.00. The highest BCUT2D eigenvalue weighted by Crippen LogP contribution is 2.28. The topological polar surface area (TPSA) is 31.9 Å². The zero-order chi connectivity index (χ0) is 11.0. The Bertz CT molecular complexity index is 483. The van der Waals surface area contributed by atoms with Gasteiger partial charge in [0, 0.05) is 24.2 Å². The fraction of sp³-hybridized carbons (Fsp3) is 0.462. The van der Waals surface area contributed by atoms with Crippen molar-refractivity contribution in [2.45, 2.75) is 31.7 Å². The van der Waals surface area contributed by atoms with Gasteiger partial charge in [-0.3, -0.25) is 5.10 Å². The van der Waals surface area contributed by atoms with Crippen molar-refractivity contribution in [2.24, 2.45) is 0 Å². The standard InChI is InChI=1S/C13H17N3/c1-16(11-4-2-3-5-11)12-7-6-10-9-14-15-13(10)8-12/h6-9,11H,2-5H2,1H3,(H,14,15). The summed E-state index contributed by atoms with van der Waals surface area (Å²) in [6, 6.07) is 7.25. The molecule has 1 saturated carbocycles. The van der Waals surface area contributed by atoms with Gasteiger partial charge in [0.05, 0.1) is 11.7 Å². The lowest BCUT2D eigenvalue weighted by Crippen LogP contribution is -2.28. The van der Waals surface area contributed by atoms with E-state index < -0.39 is 0 Å². The third kappa shape index (κ3) is 1.56. The molecule has 3 nitrogen and oxygen atoms in total. The van der Waals surface area contributed by atoms with E-state index in [-0.39, 0.29) is 0 Å². The van der Waals surface area contributed by atoms with Gasteiger partial charge in [-0.05, 0) is 31.0 Å². The van der Waals surface area contributed by atoms with Gasteiger partial charge < -0.3 is 4.90 Å². The van der Waals surface area contributed by atoms with Gasteiger partial charge >= 0.3 is 0 Å². The molecule has 0 saturated heterocycles. The maximum atomic E-state index is 4.06. The third-order valence-electron chi connectivity index (χ3n) is 3.71.